The molecule has 0 aliphatic heterocycles. The van der Waals surface area contributed by atoms with Gasteiger partial charge in [0.25, 0.3) is 11.8 Å². The van der Waals surface area contributed by atoms with E-state index in [1.54, 1.807) is 6.07 Å². The van der Waals surface area contributed by atoms with Crippen LogP contribution in [0.5, 0.6) is 11.5 Å². The number of halogens is 1. The van der Waals surface area contributed by atoms with E-state index in [0.717, 1.165) is 12.0 Å². The number of rotatable bonds is 7. The van der Waals surface area contributed by atoms with Crippen LogP contribution in [0.4, 0.5) is 4.39 Å². The maximum atomic E-state index is 12.7. The Morgan fingerprint density at radius 1 is 0.920 bits per heavy atom. The average Bonchev–Trinajstić information content (AvgIpc) is 2.64. The summed E-state index contributed by atoms with van der Waals surface area (Å²) in [6, 6.07) is 12.7. The van der Waals surface area contributed by atoms with Gasteiger partial charge in [0.1, 0.15) is 17.3 Å². The van der Waals surface area contributed by atoms with Gasteiger partial charge in [-0.2, -0.15) is 0 Å². The molecule has 0 bridgehead atoms. The lowest BCUT2D eigenvalue weighted by atomic mass is 10.1. The first kappa shape index (κ1) is 18.3. The van der Waals surface area contributed by atoms with Crippen LogP contribution >= 0.6 is 0 Å². The maximum absolute atomic E-state index is 12.7. The molecule has 0 aromatic heterocycles. The molecule has 0 aliphatic rings. The highest BCUT2D eigenvalue weighted by molar-refractivity contribution is 5.83. The van der Waals surface area contributed by atoms with Crippen LogP contribution in [0.1, 0.15) is 12.5 Å². The summed E-state index contributed by atoms with van der Waals surface area (Å²) in [7, 11) is 0. The second-order valence-electron chi connectivity index (χ2n) is 5.09. The zero-order chi connectivity index (χ0) is 18.1. The molecule has 0 atom stereocenters. The van der Waals surface area contributed by atoms with E-state index >= 15 is 0 Å². The summed E-state index contributed by atoms with van der Waals surface area (Å²) in [5.74, 6) is -0.463. The molecular weight excluding hydrogens is 327 g/mol. The van der Waals surface area contributed by atoms with Crippen molar-refractivity contribution in [1.82, 2.24) is 10.9 Å². The largest absolute Gasteiger partial charge is 0.484 e. The number of aryl methyl sites for hydroxylation is 1. The molecule has 2 aromatic carbocycles. The Bertz CT molecular complexity index is 719. The minimum atomic E-state index is -0.549. The lowest BCUT2D eigenvalue weighted by molar-refractivity contribution is -0.131. The predicted molar refractivity (Wildman–Crippen MR) is 89.5 cm³/mol. The lowest BCUT2D eigenvalue weighted by Gasteiger charge is -2.11. The van der Waals surface area contributed by atoms with Gasteiger partial charge >= 0.3 is 0 Å². The van der Waals surface area contributed by atoms with Crippen molar-refractivity contribution in [2.24, 2.45) is 0 Å². The van der Waals surface area contributed by atoms with E-state index in [0.29, 0.717) is 11.5 Å². The van der Waals surface area contributed by atoms with Crippen LogP contribution in [0.3, 0.4) is 0 Å². The zero-order valence-corrected chi connectivity index (χ0v) is 13.8. The van der Waals surface area contributed by atoms with Gasteiger partial charge in [-0.1, -0.05) is 25.1 Å². The van der Waals surface area contributed by atoms with Crippen LogP contribution in [0, 0.1) is 5.82 Å². The zero-order valence-electron chi connectivity index (χ0n) is 13.8. The molecule has 0 heterocycles. The van der Waals surface area contributed by atoms with Crippen molar-refractivity contribution in [1.29, 1.82) is 0 Å². The third kappa shape index (κ3) is 6.14. The molecule has 0 unspecified atom stereocenters. The van der Waals surface area contributed by atoms with Gasteiger partial charge < -0.3 is 9.47 Å². The second kappa shape index (κ2) is 9.27. The average molecular weight is 346 g/mol. The molecular formula is C18H19FN2O4. The Hall–Kier alpha value is -3.09. The molecule has 0 fully saturated rings. The predicted octanol–water partition coefficient (Wildman–Crippen LogP) is 1.99. The van der Waals surface area contributed by atoms with E-state index in [4.69, 9.17) is 9.47 Å². The molecule has 0 saturated carbocycles. The summed E-state index contributed by atoms with van der Waals surface area (Å²) >= 11 is 0. The van der Waals surface area contributed by atoms with Gasteiger partial charge in [0, 0.05) is 0 Å². The van der Waals surface area contributed by atoms with Crippen molar-refractivity contribution < 1.29 is 23.5 Å². The number of para-hydroxylation sites is 1. The molecule has 25 heavy (non-hydrogen) atoms. The number of carbonyl (C=O) groups excluding carboxylic acids is 2. The summed E-state index contributed by atoms with van der Waals surface area (Å²) in [6.07, 6.45) is 0.787. The molecule has 2 amide bonds. The van der Waals surface area contributed by atoms with Crippen LogP contribution in [-0.2, 0) is 16.0 Å². The highest BCUT2D eigenvalue weighted by Crippen LogP contribution is 2.17. The number of ether oxygens (including phenoxy) is 2. The van der Waals surface area contributed by atoms with Crippen LogP contribution in [0.25, 0.3) is 0 Å². The number of benzene rings is 2. The van der Waals surface area contributed by atoms with Crippen LogP contribution in [0.15, 0.2) is 48.5 Å². The normalized spacial score (nSPS) is 10.0. The van der Waals surface area contributed by atoms with E-state index in [1.165, 1.54) is 24.3 Å². The van der Waals surface area contributed by atoms with E-state index in [2.05, 4.69) is 10.9 Å². The molecule has 0 aliphatic carbocycles. The van der Waals surface area contributed by atoms with Crippen LogP contribution in [0.2, 0.25) is 0 Å². The van der Waals surface area contributed by atoms with Crippen molar-refractivity contribution in [3.63, 3.8) is 0 Å². The summed E-state index contributed by atoms with van der Waals surface area (Å²) < 4.78 is 23.3. The van der Waals surface area contributed by atoms with E-state index in [1.807, 2.05) is 25.1 Å². The topological polar surface area (TPSA) is 76.7 Å². The Balaban J connectivity index is 1.68. The summed E-state index contributed by atoms with van der Waals surface area (Å²) in [5.41, 5.74) is 5.44. The minimum absolute atomic E-state index is 0.226. The van der Waals surface area contributed by atoms with Gasteiger partial charge in [-0.25, -0.2) is 4.39 Å². The number of hydrogen-bond acceptors (Lipinski definition) is 4. The molecule has 2 rings (SSSR count). The standard InChI is InChI=1S/C18H19FN2O4/c1-2-13-5-3-4-6-16(13)25-12-18(23)21-20-17(22)11-24-15-9-7-14(19)8-10-15/h3-10H,2,11-12H2,1H3,(H,20,22)(H,21,23). The first-order valence-electron chi connectivity index (χ1n) is 7.75. The Morgan fingerprint density at radius 3 is 2.16 bits per heavy atom. The Labute approximate surface area is 144 Å². The van der Waals surface area contributed by atoms with Crippen molar-refractivity contribution in [2.45, 2.75) is 13.3 Å². The number of carbonyl (C=O) groups is 2. The van der Waals surface area contributed by atoms with Crippen molar-refractivity contribution in [3.05, 3.63) is 59.9 Å². The number of amides is 2. The van der Waals surface area contributed by atoms with Gasteiger partial charge in [0.2, 0.25) is 0 Å². The van der Waals surface area contributed by atoms with Crippen LogP contribution < -0.4 is 20.3 Å². The summed E-state index contributed by atoms with van der Waals surface area (Å²) in [5, 5.41) is 0. The van der Waals surface area contributed by atoms with Gasteiger partial charge in [0.05, 0.1) is 0 Å². The van der Waals surface area contributed by atoms with Crippen molar-refractivity contribution in [3.8, 4) is 11.5 Å². The van der Waals surface area contributed by atoms with Gasteiger partial charge in [-0.05, 0) is 42.3 Å². The lowest BCUT2D eigenvalue weighted by Crippen LogP contribution is -2.45. The maximum Gasteiger partial charge on any atom is 0.276 e. The highest BCUT2D eigenvalue weighted by Gasteiger charge is 2.08. The second-order valence-corrected chi connectivity index (χ2v) is 5.09. The third-order valence-corrected chi connectivity index (χ3v) is 3.24. The quantitative estimate of drug-likeness (QED) is 0.752. The fourth-order valence-corrected chi connectivity index (χ4v) is 1.97. The molecule has 0 saturated heterocycles. The fraction of sp³-hybridized carbons (Fsp3) is 0.222. The van der Waals surface area contributed by atoms with E-state index < -0.39 is 17.6 Å². The van der Waals surface area contributed by atoms with Gasteiger partial charge in [-0.3, -0.25) is 20.4 Å². The number of hydrogen-bond donors (Lipinski definition) is 2. The fourth-order valence-electron chi connectivity index (χ4n) is 1.97. The smallest absolute Gasteiger partial charge is 0.276 e. The summed E-state index contributed by atoms with van der Waals surface area (Å²) in [4.78, 5) is 23.3. The Kier molecular flexibility index (Phi) is 6.76. The Morgan fingerprint density at radius 2 is 1.52 bits per heavy atom. The molecule has 132 valence electrons. The monoisotopic (exact) mass is 346 g/mol. The molecule has 0 spiro atoms. The molecule has 6 nitrogen and oxygen atoms in total. The summed E-state index contributed by atoms with van der Waals surface area (Å²) in [6.45, 7) is 1.45. The number of hydrazine groups is 1. The van der Waals surface area contributed by atoms with Crippen LogP contribution in [-0.4, -0.2) is 25.0 Å². The SMILES string of the molecule is CCc1ccccc1OCC(=O)NNC(=O)COc1ccc(F)cc1. The van der Waals surface area contributed by atoms with E-state index in [9.17, 15) is 14.0 Å². The highest BCUT2D eigenvalue weighted by atomic mass is 19.1. The minimum Gasteiger partial charge on any atom is -0.484 e. The first-order valence-corrected chi connectivity index (χ1v) is 7.75. The van der Waals surface area contributed by atoms with Gasteiger partial charge in [0.15, 0.2) is 13.2 Å². The molecule has 7 heteroatoms. The van der Waals surface area contributed by atoms with E-state index in [-0.39, 0.29) is 13.2 Å². The molecule has 2 N–H and O–H groups in total. The molecule has 0 radical (unpaired) electrons. The van der Waals surface area contributed by atoms with Crippen molar-refractivity contribution in [2.75, 3.05) is 13.2 Å². The first-order chi connectivity index (χ1) is 12.1. The van der Waals surface area contributed by atoms with Crippen molar-refractivity contribution >= 4 is 11.8 Å². The number of nitrogens with one attached hydrogen (secondary N) is 2. The molecule has 2 aromatic rings. The van der Waals surface area contributed by atoms with Gasteiger partial charge in [-0.15, -0.1) is 0 Å². The third-order valence-electron chi connectivity index (χ3n) is 3.24.